The number of nitrogens with zero attached hydrogens (tertiary/aromatic N) is 1. The van der Waals surface area contributed by atoms with Crippen molar-refractivity contribution < 1.29 is 4.79 Å². The predicted octanol–water partition coefficient (Wildman–Crippen LogP) is 3.18. The number of benzene rings is 1. The second-order valence-corrected chi connectivity index (χ2v) is 5.62. The lowest BCUT2D eigenvalue weighted by Gasteiger charge is -2.31. The van der Waals surface area contributed by atoms with Crippen molar-refractivity contribution in [3.05, 3.63) is 36.0 Å². The molecule has 3 heteroatoms. The first-order valence-electron chi connectivity index (χ1n) is 6.48. The minimum absolute atomic E-state index is 0.0220. The predicted molar refractivity (Wildman–Crippen MR) is 72.6 cm³/mol. The Labute approximate surface area is 107 Å². The molecule has 1 amide bonds. The van der Waals surface area contributed by atoms with Gasteiger partial charge in [0.05, 0.1) is 11.1 Å². The number of hydrogen-bond donors (Lipinski definition) is 1. The lowest BCUT2D eigenvalue weighted by molar-refractivity contribution is 0.0654. The fourth-order valence-corrected chi connectivity index (χ4v) is 2.89. The largest absolute Gasteiger partial charge is 0.361 e. The van der Waals surface area contributed by atoms with Gasteiger partial charge < -0.3 is 9.88 Å². The van der Waals surface area contributed by atoms with Crippen molar-refractivity contribution in [2.75, 3.05) is 6.54 Å². The number of amides is 1. The number of carbonyl (C=O) groups excluding carboxylic acids is 1. The molecule has 3 rings (SSSR count). The standard InChI is InChI=1S/C15H18N2O/c1-15(2)8-4-10-17(15)14(18)12-6-3-5-11-7-9-16-13(11)12/h3,5-7,9,16H,4,8,10H2,1-2H3. The van der Waals surface area contributed by atoms with Crippen LogP contribution in [0.1, 0.15) is 37.0 Å². The van der Waals surface area contributed by atoms with Crippen LogP contribution in [0.4, 0.5) is 0 Å². The fourth-order valence-electron chi connectivity index (χ4n) is 2.89. The third kappa shape index (κ3) is 1.62. The second-order valence-electron chi connectivity index (χ2n) is 5.62. The summed E-state index contributed by atoms with van der Waals surface area (Å²) in [7, 11) is 0. The SMILES string of the molecule is CC1(C)CCCN1C(=O)c1cccc2cc[nH]c12. The van der Waals surface area contributed by atoms with Gasteiger partial charge in [-0.3, -0.25) is 4.79 Å². The van der Waals surface area contributed by atoms with Crippen molar-refractivity contribution in [2.24, 2.45) is 0 Å². The van der Waals surface area contributed by atoms with Gasteiger partial charge >= 0.3 is 0 Å². The van der Waals surface area contributed by atoms with Crippen LogP contribution >= 0.6 is 0 Å². The monoisotopic (exact) mass is 242 g/mol. The Bertz CT molecular complexity index is 597. The number of aromatic amines is 1. The molecule has 0 aliphatic carbocycles. The molecule has 0 radical (unpaired) electrons. The molecular weight excluding hydrogens is 224 g/mol. The van der Waals surface area contributed by atoms with E-state index in [0.717, 1.165) is 35.9 Å². The minimum atomic E-state index is -0.0220. The summed E-state index contributed by atoms with van der Waals surface area (Å²) >= 11 is 0. The van der Waals surface area contributed by atoms with Gasteiger partial charge in [-0.15, -0.1) is 0 Å². The summed E-state index contributed by atoms with van der Waals surface area (Å²) in [5.74, 6) is 0.144. The first-order valence-corrected chi connectivity index (χ1v) is 6.48. The number of hydrogen-bond acceptors (Lipinski definition) is 1. The number of carbonyl (C=O) groups is 1. The maximum absolute atomic E-state index is 12.7. The van der Waals surface area contributed by atoms with Crippen LogP contribution < -0.4 is 0 Å². The molecule has 1 aliphatic rings. The molecule has 1 aliphatic heterocycles. The molecule has 2 aromatic rings. The molecule has 0 saturated carbocycles. The Morgan fingerprint density at radius 2 is 2.17 bits per heavy atom. The van der Waals surface area contributed by atoms with Gasteiger partial charge in [-0.1, -0.05) is 12.1 Å². The van der Waals surface area contributed by atoms with Crippen LogP contribution in [0.5, 0.6) is 0 Å². The molecular formula is C15H18N2O. The smallest absolute Gasteiger partial charge is 0.256 e. The van der Waals surface area contributed by atoms with E-state index in [1.54, 1.807) is 0 Å². The molecule has 18 heavy (non-hydrogen) atoms. The van der Waals surface area contributed by atoms with Crippen molar-refractivity contribution in [3.8, 4) is 0 Å². The zero-order valence-corrected chi connectivity index (χ0v) is 10.9. The molecule has 1 fully saturated rings. The van der Waals surface area contributed by atoms with Crippen molar-refractivity contribution >= 4 is 16.8 Å². The summed E-state index contributed by atoms with van der Waals surface area (Å²) in [5, 5.41) is 1.10. The molecule has 0 bridgehead atoms. The zero-order valence-electron chi connectivity index (χ0n) is 10.9. The third-order valence-corrected chi connectivity index (χ3v) is 3.96. The van der Waals surface area contributed by atoms with Gasteiger partial charge in [-0.05, 0) is 38.8 Å². The number of aromatic nitrogens is 1. The van der Waals surface area contributed by atoms with Crippen LogP contribution in [-0.2, 0) is 0 Å². The van der Waals surface area contributed by atoms with E-state index < -0.39 is 0 Å². The molecule has 3 nitrogen and oxygen atoms in total. The average molecular weight is 242 g/mol. The van der Waals surface area contributed by atoms with Crippen molar-refractivity contribution in [2.45, 2.75) is 32.2 Å². The fraction of sp³-hybridized carbons (Fsp3) is 0.400. The topological polar surface area (TPSA) is 36.1 Å². The summed E-state index contributed by atoms with van der Waals surface area (Å²) < 4.78 is 0. The summed E-state index contributed by atoms with van der Waals surface area (Å²) in [5.41, 5.74) is 1.71. The number of H-pyrrole nitrogens is 1. The number of likely N-dealkylation sites (tertiary alicyclic amines) is 1. The summed E-state index contributed by atoms with van der Waals surface area (Å²) in [6.07, 6.45) is 4.06. The van der Waals surface area contributed by atoms with Crippen LogP contribution in [-0.4, -0.2) is 27.9 Å². The number of rotatable bonds is 1. The third-order valence-electron chi connectivity index (χ3n) is 3.96. The van der Waals surface area contributed by atoms with Crippen molar-refractivity contribution in [3.63, 3.8) is 0 Å². The van der Waals surface area contributed by atoms with Gasteiger partial charge in [0.25, 0.3) is 5.91 Å². The highest BCUT2D eigenvalue weighted by molar-refractivity contribution is 6.06. The molecule has 0 spiro atoms. The molecule has 1 N–H and O–H groups in total. The Balaban J connectivity index is 2.05. The van der Waals surface area contributed by atoms with Crippen LogP contribution in [0.3, 0.4) is 0 Å². The number of para-hydroxylation sites is 1. The Morgan fingerprint density at radius 3 is 2.89 bits per heavy atom. The average Bonchev–Trinajstić information content (AvgIpc) is 2.93. The van der Waals surface area contributed by atoms with Gasteiger partial charge in [0, 0.05) is 23.7 Å². The second kappa shape index (κ2) is 3.87. The maximum atomic E-state index is 12.7. The minimum Gasteiger partial charge on any atom is -0.361 e. The van der Waals surface area contributed by atoms with E-state index in [2.05, 4.69) is 18.8 Å². The molecule has 1 aromatic heterocycles. The van der Waals surface area contributed by atoms with E-state index in [4.69, 9.17) is 0 Å². The zero-order chi connectivity index (χ0) is 12.8. The van der Waals surface area contributed by atoms with E-state index in [1.807, 2.05) is 35.4 Å². The lowest BCUT2D eigenvalue weighted by Crippen LogP contribution is -2.42. The molecule has 2 heterocycles. The van der Waals surface area contributed by atoms with Crippen LogP contribution in [0.2, 0.25) is 0 Å². The number of nitrogens with one attached hydrogen (secondary N) is 1. The lowest BCUT2D eigenvalue weighted by atomic mass is 10.0. The quantitative estimate of drug-likeness (QED) is 0.819. The normalized spacial score (nSPS) is 18.4. The Hall–Kier alpha value is -1.77. The van der Waals surface area contributed by atoms with Crippen LogP contribution in [0.25, 0.3) is 10.9 Å². The van der Waals surface area contributed by atoms with Gasteiger partial charge in [0.2, 0.25) is 0 Å². The summed E-state index contributed by atoms with van der Waals surface area (Å²) in [6.45, 7) is 5.16. The first-order chi connectivity index (χ1) is 8.59. The number of fused-ring (bicyclic) bond motifs is 1. The molecule has 0 unspecified atom stereocenters. The van der Waals surface area contributed by atoms with Gasteiger partial charge in [-0.2, -0.15) is 0 Å². The van der Waals surface area contributed by atoms with Crippen LogP contribution in [0.15, 0.2) is 30.5 Å². The van der Waals surface area contributed by atoms with Crippen LogP contribution in [0, 0.1) is 0 Å². The highest BCUT2D eigenvalue weighted by Gasteiger charge is 2.36. The van der Waals surface area contributed by atoms with E-state index in [1.165, 1.54) is 0 Å². The van der Waals surface area contributed by atoms with E-state index >= 15 is 0 Å². The molecule has 94 valence electrons. The first kappa shape index (κ1) is 11.3. The Morgan fingerprint density at radius 1 is 1.33 bits per heavy atom. The van der Waals surface area contributed by atoms with E-state index in [9.17, 15) is 4.79 Å². The van der Waals surface area contributed by atoms with E-state index in [0.29, 0.717) is 0 Å². The maximum Gasteiger partial charge on any atom is 0.256 e. The molecule has 1 aromatic carbocycles. The summed E-state index contributed by atoms with van der Waals surface area (Å²) in [4.78, 5) is 17.9. The Kier molecular flexibility index (Phi) is 2.44. The molecule has 0 atom stereocenters. The highest BCUT2D eigenvalue weighted by Crippen LogP contribution is 2.31. The van der Waals surface area contributed by atoms with E-state index in [-0.39, 0.29) is 11.4 Å². The van der Waals surface area contributed by atoms with Crippen molar-refractivity contribution in [1.29, 1.82) is 0 Å². The van der Waals surface area contributed by atoms with Gasteiger partial charge in [0.15, 0.2) is 0 Å². The summed E-state index contributed by atoms with van der Waals surface area (Å²) in [6, 6.07) is 7.89. The van der Waals surface area contributed by atoms with Gasteiger partial charge in [0.1, 0.15) is 0 Å². The highest BCUT2D eigenvalue weighted by atomic mass is 16.2. The molecule has 1 saturated heterocycles. The van der Waals surface area contributed by atoms with Gasteiger partial charge in [-0.25, -0.2) is 0 Å². The van der Waals surface area contributed by atoms with Crippen molar-refractivity contribution in [1.82, 2.24) is 9.88 Å².